The molecule has 3 aromatic rings. The third-order valence-electron chi connectivity index (χ3n) is 3.86. The van der Waals surface area contributed by atoms with E-state index in [1.807, 2.05) is 44.2 Å². The van der Waals surface area contributed by atoms with Crippen LogP contribution in [0.2, 0.25) is 5.02 Å². The number of aromatic nitrogens is 1. The average Bonchev–Trinajstić information content (AvgIpc) is 2.48. The summed E-state index contributed by atoms with van der Waals surface area (Å²) in [6, 6.07) is 11.2. The van der Waals surface area contributed by atoms with E-state index in [4.69, 9.17) is 11.6 Å². The molecule has 0 saturated carbocycles. The van der Waals surface area contributed by atoms with Crippen molar-refractivity contribution in [2.45, 2.75) is 13.8 Å². The van der Waals surface area contributed by atoms with E-state index < -0.39 is 5.97 Å². The molecule has 0 aliphatic rings. The molecule has 2 aromatic carbocycles. The number of nitrogens with zero attached hydrogens (tertiary/aromatic N) is 1. The van der Waals surface area contributed by atoms with E-state index in [-0.39, 0.29) is 5.56 Å². The standard InChI is InChI=1S/C18H14ClNO2/c1-10-7-13-16(8-11(10)2)20-9-14(18(21)22)17(13)12-5-3-4-6-15(12)19/h3-9H,1-2H3,(H,21,22). The molecule has 0 saturated heterocycles. The summed E-state index contributed by atoms with van der Waals surface area (Å²) in [7, 11) is 0. The minimum atomic E-state index is -1.01. The molecule has 0 radical (unpaired) electrons. The molecule has 0 spiro atoms. The second-order valence-corrected chi connectivity index (χ2v) is 5.69. The van der Waals surface area contributed by atoms with Crippen LogP contribution in [0.15, 0.2) is 42.6 Å². The summed E-state index contributed by atoms with van der Waals surface area (Å²) in [5.41, 5.74) is 4.45. The molecular weight excluding hydrogens is 298 g/mol. The van der Waals surface area contributed by atoms with Crippen molar-refractivity contribution in [3.8, 4) is 11.1 Å². The lowest BCUT2D eigenvalue weighted by atomic mass is 9.94. The van der Waals surface area contributed by atoms with E-state index in [1.165, 1.54) is 6.20 Å². The second-order valence-electron chi connectivity index (χ2n) is 5.29. The van der Waals surface area contributed by atoms with E-state index in [9.17, 15) is 9.90 Å². The molecule has 0 unspecified atom stereocenters. The van der Waals surface area contributed by atoms with Crippen LogP contribution < -0.4 is 0 Å². The Bertz CT molecular complexity index is 903. The molecule has 110 valence electrons. The highest BCUT2D eigenvalue weighted by molar-refractivity contribution is 6.34. The Labute approximate surface area is 133 Å². The topological polar surface area (TPSA) is 50.2 Å². The highest BCUT2D eigenvalue weighted by Gasteiger charge is 2.18. The van der Waals surface area contributed by atoms with E-state index in [0.717, 1.165) is 22.0 Å². The first-order chi connectivity index (χ1) is 10.5. The Morgan fingerprint density at radius 3 is 2.50 bits per heavy atom. The van der Waals surface area contributed by atoms with Crippen LogP contribution in [0.3, 0.4) is 0 Å². The lowest BCUT2D eigenvalue weighted by molar-refractivity contribution is 0.0697. The lowest BCUT2D eigenvalue weighted by Gasteiger charge is -2.13. The fourth-order valence-electron chi connectivity index (χ4n) is 2.57. The quantitative estimate of drug-likeness (QED) is 0.734. The minimum Gasteiger partial charge on any atom is -0.478 e. The van der Waals surface area contributed by atoms with Crippen molar-refractivity contribution in [3.05, 3.63) is 64.3 Å². The molecule has 0 atom stereocenters. The van der Waals surface area contributed by atoms with E-state index in [2.05, 4.69) is 4.98 Å². The van der Waals surface area contributed by atoms with Gasteiger partial charge < -0.3 is 5.11 Å². The van der Waals surface area contributed by atoms with E-state index in [0.29, 0.717) is 16.1 Å². The fraction of sp³-hybridized carbons (Fsp3) is 0.111. The first-order valence-electron chi connectivity index (χ1n) is 6.87. The molecule has 0 aliphatic carbocycles. The summed E-state index contributed by atoms with van der Waals surface area (Å²) in [4.78, 5) is 15.9. The molecule has 1 N–H and O–H groups in total. The second kappa shape index (κ2) is 5.43. The van der Waals surface area contributed by atoms with Gasteiger partial charge >= 0.3 is 5.97 Å². The average molecular weight is 312 g/mol. The van der Waals surface area contributed by atoms with Crippen molar-refractivity contribution >= 4 is 28.5 Å². The van der Waals surface area contributed by atoms with Gasteiger partial charge in [0.25, 0.3) is 0 Å². The van der Waals surface area contributed by atoms with Crippen molar-refractivity contribution in [3.63, 3.8) is 0 Å². The summed E-state index contributed by atoms with van der Waals surface area (Å²) in [6.07, 6.45) is 1.40. The van der Waals surface area contributed by atoms with Crippen LogP contribution in [0.25, 0.3) is 22.0 Å². The van der Waals surface area contributed by atoms with Gasteiger partial charge in [-0.15, -0.1) is 0 Å². The third-order valence-corrected chi connectivity index (χ3v) is 4.19. The van der Waals surface area contributed by atoms with Gasteiger partial charge in [0, 0.05) is 27.7 Å². The number of benzene rings is 2. The minimum absolute atomic E-state index is 0.156. The number of fused-ring (bicyclic) bond motifs is 1. The van der Waals surface area contributed by atoms with Crippen LogP contribution in [-0.4, -0.2) is 16.1 Å². The van der Waals surface area contributed by atoms with Gasteiger partial charge in [-0.05, 0) is 43.2 Å². The van der Waals surface area contributed by atoms with E-state index in [1.54, 1.807) is 6.07 Å². The Kier molecular flexibility index (Phi) is 3.59. The van der Waals surface area contributed by atoms with Crippen LogP contribution >= 0.6 is 11.6 Å². The van der Waals surface area contributed by atoms with Crippen LogP contribution in [0.1, 0.15) is 21.5 Å². The van der Waals surface area contributed by atoms with Crippen LogP contribution in [0.5, 0.6) is 0 Å². The monoisotopic (exact) mass is 311 g/mol. The Morgan fingerprint density at radius 1 is 1.14 bits per heavy atom. The number of pyridine rings is 1. The molecular formula is C18H14ClNO2. The molecule has 0 bridgehead atoms. The number of carboxylic acid groups (broad SMARTS) is 1. The molecule has 3 nitrogen and oxygen atoms in total. The van der Waals surface area contributed by atoms with Crippen LogP contribution in [0.4, 0.5) is 0 Å². The predicted octanol–water partition coefficient (Wildman–Crippen LogP) is 4.87. The van der Waals surface area contributed by atoms with Gasteiger partial charge in [0.2, 0.25) is 0 Å². The zero-order valence-corrected chi connectivity index (χ0v) is 13.0. The van der Waals surface area contributed by atoms with Crippen LogP contribution in [0, 0.1) is 13.8 Å². The normalized spacial score (nSPS) is 10.9. The highest BCUT2D eigenvalue weighted by Crippen LogP contribution is 2.36. The molecule has 1 heterocycles. The van der Waals surface area contributed by atoms with Gasteiger partial charge in [0.05, 0.1) is 11.1 Å². The maximum Gasteiger partial charge on any atom is 0.337 e. The summed E-state index contributed by atoms with van der Waals surface area (Å²) in [6.45, 7) is 4.01. The Balaban J connectivity index is 2.48. The summed E-state index contributed by atoms with van der Waals surface area (Å²) >= 11 is 6.29. The van der Waals surface area contributed by atoms with Crippen molar-refractivity contribution in [2.24, 2.45) is 0 Å². The largest absolute Gasteiger partial charge is 0.478 e. The zero-order chi connectivity index (χ0) is 15.9. The highest BCUT2D eigenvalue weighted by atomic mass is 35.5. The number of carbonyl (C=O) groups is 1. The van der Waals surface area contributed by atoms with Gasteiger partial charge in [0.15, 0.2) is 0 Å². The summed E-state index contributed by atoms with van der Waals surface area (Å²) < 4.78 is 0. The van der Waals surface area contributed by atoms with Crippen molar-refractivity contribution < 1.29 is 9.90 Å². The van der Waals surface area contributed by atoms with Gasteiger partial charge in [-0.2, -0.15) is 0 Å². The van der Waals surface area contributed by atoms with Gasteiger partial charge in [-0.25, -0.2) is 4.79 Å². The number of aromatic carboxylic acids is 1. The van der Waals surface area contributed by atoms with Crippen molar-refractivity contribution in [1.29, 1.82) is 0 Å². The molecule has 0 aliphatic heterocycles. The molecule has 0 amide bonds. The molecule has 4 heteroatoms. The zero-order valence-electron chi connectivity index (χ0n) is 12.2. The van der Waals surface area contributed by atoms with Crippen molar-refractivity contribution in [1.82, 2.24) is 4.98 Å². The number of carboxylic acids is 1. The molecule has 22 heavy (non-hydrogen) atoms. The molecule has 3 rings (SSSR count). The predicted molar refractivity (Wildman–Crippen MR) is 88.6 cm³/mol. The summed E-state index contributed by atoms with van der Waals surface area (Å²) in [5, 5.41) is 10.8. The molecule has 0 fully saturated rings. The first-order valence-corrected chi connectivity index (χ1v) is 7.25. The van der Waals surface area contributed by atoms with Gasteiger partial charge in [-0.3, -0.25) is 4.98 Å². The number of aryl methyl sites for hydroxylation is 2. The summed E-state index contributed by atoms with van der Waals surface area (Å²) in [5.74, 6) is -1.01. The molecule has 1 aromatic heterocycles. The smallest absolute Gasteiger partial charge is 0.337 e. The maximum absolute atomic E-state index is 11.6. The number of hydrogen-bond donors (Lipinski definition) is 1. The Hall–Kier alpha value is -2.39. The number of halogens is 1. The van der Waals surface area contributed by atoms with E-state index >= 15 is 0 Å². The SMILES string of the molecule is Cc1cc2ncc(C(=O)O)c(-c3ccccc3Cl)c2cc1C. The van der Waals surface area contributed by atoms with Crippen molar-refractivity contribution in [2.75, 3.05) is 0 Å². The number of hydrogen-bond acceptors (Lipinski definition) is 2. The maximum atomic E-state index is 11.6. The first kappa shape index (κ1) is 14.5. The Morgan fingerprint density at radius 2 is 1.82 bits per heavy atom. The fourth-order valence-corrected chi connectivity index (χ4v) is 2.80. The third kappa shape index (κ3) is 2.34. The van der Waals surface area contributed by atoms with Crippen LogP contribution in [-0.2, 0) is 0 Å². The number of rotatable bonds is 2. The lowest BCUT2D eigenvalue weighted by Crippen LogP contribution is -2.02. The van der Waals surface area contributed by atoms with Gasteiger partial charge in [0.1, 0.15) is 0 Å². The van der Waals surface area contributed by atoms with Gasteiger partial charge in [-0.1, -0.05) is 29.8 Å².